The molecule has 3 nitrogen and oxygen atoms in total. The van der Waals surface area contributed by atoms with Crippen LogP contribution in [0.15, 0.2) is 42.5 Å². The average molecular weight is 468 g/mol. The predicted molar refractivity (Wildman–Crippen MR) is 136 cm³/mol. The highest BCUT2D eigenvalue weighted by molar-refractivity contribution is 8.45. The maximum Gasteiger partial charge on any atom is 0.293 e. The molecule has 0 aromatic heterocycles. The quantitative estimate of drug-likeness (QED) is 0.547. The van der Waals surface area contributed by atoms with Crippen LogP contribution in [-0.2, 0) is 49.2 Å². The molecule has 5 heteroatoms. The van der Waals surface area contributed by atoms with E-state index in [1.807, 2.05) is 0 Å². The van der Waals surface area contributed by atoms with Gasteiger partial charge in [0.15, 0.2) is 0 Å². The van der Waals surface area contributed by atoms with Gasteiger partial charge in [-0.3, -0.25) is 9.59 Å². The van der Waals surface area contributed by atoms with Crippen LogP contribution in [-0.4, -0.2) is 21.8 Å². The molecule has 2 aromatic carbocycles. The second-order valence-corrected chi connectivity index (χ2v) is 13.1. The van der Waals surface area contributed by atoms with Crippen molar-refractivity contribution in [2.75, 3.05) is 6.54 Å². The molecule has 0 saturated carbocycles. The first-order valence-corrected chi connectivity index (χ1v) is 13.6. The zero-order valence-electron chi connectivity index (χ0n) is 19.7. The minimum atomic E-state index is -1.18. The molecule has 1 aliphatic carbocycles. The summed E-state index contributed by atoms with van der Waals surface area (Å²) in [6.07, 6.45) is 3.43. The van der Waals surface area contributed by atoms with Crippen LogP contribution in [0.5, 0.6) is 0 Å². The standard InChI is InChI=1S/C27H33NO2S2/c1-18(21-10-11-22-23(15-21)27(4,5)13-12-26(22,2)3)14-19-6-8-20(9-7-19)16-28-17-24(29)32(31)25(28)30/h6-11,15,18H,12-14,16-17H2,1-5H3. The van der Waals surface area contributed by atoms with Crippen molar-refractivity contribution in [3.05, 3.63) is 70.3 Å². The van der Waals surface area contributed by atoms with E-state index in [4.69, 9.17) is 11.2 Å². The summed E-state index contributed by atoms with van der Waals surface area (Å²) in [4.78, 5) is 25.4. The molecule has 32 heavy (non-hydrogen) atoms. The van der Waals surface area contributed by atoms with E-state index in [9.17, 15) is 9.59 Å². The minimum absolute atomic E-state index is 0.132. The Morgan fingerprint density at radius 2 is 1.53 bits per heavy atom. The van der Waals surface area contributed by atoms with E-state index in [0.717, 1.165) is 12.0 Å². The maximum absolute atomic E-state index is 12.1. The lowest BCUT2D eigenvalue weighted by atomic mass is 9.62. The summed E-state index contributed by atoms with van der Waals surface area (Å²) in [6.45, 7) is 12.4. The molecule has 1 heterocycles. The van der Waals surface area contributed by atoms with Crippen LogP contribution in [0, 0.1) is 0 Å². The van der Waals surface area contributed by atoms with Crippen molar-refractivity contribution in [2.24, 2.45) is 0 Å². The van der Waals surface area contributed by atoms with Crippen molar-refractivity contribution in [3.63, 3.8) is 0 Å². The monoisotopic (exact) mass is 467 g/mol. The van der Waals surface area contributed by atoms with Gasteiger partial charge in [-0.15, -0.1) is 0 Å². The minimum Gasteiger partial charge on any atom is -0.320 e. The first-order valence-electron chi connectivity index (χ1n) is 11.4. The Morgan fingerprint density at radius 3 is 2.12 bits per heavy atom. The Balaban J connectivity index is 1.47. The lowest BCUT2D eigenvalue weighted by molar-refractivity contribution is -0.111. The van der Waals surface area contributed by atoms with Crippen molar-refractivity contribution in [2.45, 2.75) is 77.2 Å². The summed E-state index contributed by atoms with van der Waals surface area (Å²) in [6, 6.07) is 15.6. The largest absolute Gasteiger partial charge is 0.320 e. The molecular formula is C27H33NO2S2. The van der Waals surface area contributed by atoms with Gasteiger partial charge in [0.1, 0.15) is 0 Å². The molecule has 1 amide bonds. The summed E-state index contributed by atoms with van der Waals surface area (Å²) in [5, 5.41) is -0.340. The maximum atomic E-state index is 12.1. The van der Waals surface area contributed by atoms with Crippen molar-refractivity contribution in [1.82, 2.24) is 4.90 Å². The lowest BCUT2D eigenvalue weighted by Gasteiger charge is -2.42. The van der Waals surface area contributed by atoms with Gasteiger partial charge in [-0.05, 0) is 75.0 Å². The van der Waals surface area contributed by atoms with Crippen LogP contribution in [0.25, 0.3) is 0 Å². The van der Waals surface area contributed by atoms with Crippen LogP contribution in [0.1, 0.15) is 81.2 Å². The van der Waals surface area contributed by atoms with E-state index in [0.29, 0.717) is 12.5 Å². The Kier molecular flexibility index (Phi) is 6.19. The van der Waals surface area contributed by atoms with Crippen molar-refractivity contribution in [3.8, 4) is 0 Å². The van der Waals surface area contributed by atoms with E-state index in [-0.39, 0.29) is 27.7 Å². The highest BCUT2D eigenvalue weighted by Crippen LogP contribution is 2.46. The molecule has 2 aromatic rings. The third-order valence-electron chi connectivity index (χ3n) is 7.33. The molecule has 2 aliphatic rings. The first-order chi connectivity index (χ1) is 15.0. The highest BCUT2D eigenvalue weighted by atomic mass is 32.8. The van der Waals surface area contributed by atoms with Gasteiger partial charge in [-0.1, -0.05) is 77.1 Å². The van der Waals surface area contributed by atoms with Gasteiger partial charge >= 0.3 is 0 Å². The van der Waals surface area contributed by atoms with Crippen LogP contribution in [0.3, 0.4) is 0 Å². The summed E-state index contributed by atoms with van der Waals surface area (Å²) in [5.41, 5.74) is 7.21. The third kappa shape index (κ3) is 4.47. The molecule has 0 radical (unpaired) electrons. The van der Waals surface area contributed by atoms with E-state index in [1.54, 1.807) is 4.90 Å². The van der Waals surface area contributed by atoms with Crippen LogP contribution in [0.2, 0.25) is 0 Å². The van der Waals surface area contributed by atoms with Crippen molar-refractivity contribution >= 4 is 31.0 Å². The molecule has 170 valence electrons. The number of benzene rings is 2. The molecule has 1 fully saturated rings. The van der Waals surface area contributed by atoms with E-state index in [1.165, 1.54) is 35.1 Å². The summed E-state index contributed by atoms with van der Waals surface area (Å²) >= 11 is 5.01. The number of hydrogen-bond donors (Lipinski definition) is 0. The van der Waals surface area contributed by atoms with Crippen LogP contribution < -0.4 is 0 Å². The zero-order chi connectivity index (χ0) is 23.3. The second-order valence-electron chi connectivity index (χ2n) is 10.8. The molecule has 0 spiro atoms. The third-order valence-corrected chi connectivity index (χ3v) is 9.43. The number of carbonyl (C=O) groups excluding carboxylic acids is 2. The normalized spacial score (nSPS) is 22.7. The number of hydrogen-bond acceptors (Lipinski definition) is 3. The SMILES string of the molecule is CC(Cc1ccc(CN2CC(=O)S(=S)C2=O)cc1)c1ccc2c(c1)C(C)(C)CCC2(C)C. The molecule has 2 unspecified atom stereocenters. The summed E-state index contributed by atoms with van der Waals surface area (Å²) in [5.74, 6) is 0.423. The van der Waals surface area contributed by atoms with Crippen molar-refractivity contribution < 1.29 is 9.59 Å². The van der Waals surface area contributed by atoms with Gasteiger partial charge in [-0.2, -0.15) is 0 Å². The topological polar surface area (TPSA) is 37.4 Å². The number of rotatable bonds is 5. The molecule has 1 aliphatic heterocycles. The lowest BCUT2D eigenvalue weighted by Crippen LogP contribution is -2.34. The number of carbonyl (C=O) groups is 2. The zero-order valence-corrected chi connectivity index (χ0v) is 21.4. The fraction of sp³-hybridized carbons (Fsp3) is 0.481. The summed E-state index contributed by atoms with van der Waals surface area (Å²) in [7, 11) is -1.18. The Labute approximate surface area is 199 Å². The van der Waals surface area contributed by atoms with Gasteiger partial charge in [0, 0.05) is 16.0 Å². The van der Waals surface area contributed by atoms with Gasteiger partial charge in [0.25, 0.3) is 5.24 Å². The number of fused-ring (bicyclic) bond motifs is 1. The van der Waals surface area contributed by atoms with E-state index < -0.39 is 9.45 Å². The fourth-order valence-corrected chi connectivity index (χ4v) is 6.31. The number of amides is 1. The Hall–Kier alpha value is -1.85. The van der Waals surface area contributed by atoms with Gasteiger partial charge in [0.05, 0.1) is 6.54 Å². The molecule has 4 rings (SSSR count). The van der Waals surface area contributed by atoms with E-state index >= 15 is 0 Å². The van der Waals surface area contributed by atoms with Gasteiger partial charge in [0.2, 0.25) is 5.12 Å². The fourth-order valence-electron chi connectivity index (χ4n) is 5.00. The Bertz CT molecular complexity index is 1090. The Morgan fingerprint density at radius 1 is 0.938 bits per heavy atom. The first kappa shape index (κ1) is 23.3. The highest BCUT2D eigenvalue weighted by Gasteiger charge is 2.37. The van der Waals surface area contributed by atoms with Crippen molar-refractivity contribution in [1.29, 1.82) is 0 Å². The predicted octanol–water partition coefficient (Wildman–Crippen LogP) is 5.92. The molecule has 0 N–H and O–H groups in total. The second kappa shape index (κ2) is 8.49. The average Bonchev–Trinajstić information content (AvgIpc) is 2.99. The van der Waals surface area contributed by atoms with Crippen LogP contribution in [0.4, 0.5) is 4.79 Å². The smallest absolute Gasteiger partial charge is 0.293 e. The molecule has 0 bridgehead atoms. The molecule has 1 saturated heterocycles. The van der Waals surface area contributed by atoms with Gasteiger partial charge in [-0.25, -0.2) is 0 Å². The summed E-state index contributed by atoms with van der Waals surface area (Å²) < 4.78 is 0. The van der Waals surface area contributed by atoms with Gasteiger partial charge < -0.3 is 4.90 Å². The van der Waals surface area contributed by atoms with Crippen LogP contribution >= 0.6 is 0 Å². The number of nitrogens with zero attached hydrogens (tertiary/aromatic N) is 1. The van der Waals surface area contributed by atoms with E-state index in [2.05, 4.69) is 77.1 Å². The molecular weight excluding hydrogens is 434 g/mol. The molecule has 2 atom stereocenters.